The van der Waals surface area contributed by atoms with E-state index in [1.807, 2.05) is 19.1 Å². The van der Waals surface area contributed by atoms with Crippen molar-refractivity contribution in [1.29, 1.82) is 0 Å². The number of aromatic amines is 1. The summed E-state index contributed by atoms with van der Waals surface area (Å²) in [4.78, 5) is 35.5. The zero-order chi connectivity index (χ0) is 22.6. The minimum absolute atomic E-state index is 0.0281. The third-order valence-electron chi connectivity index (χ3n) is 4.99. The van der Waals surface area contributed by atoms with Gasteiger partial charge in [0.1, 0.15) is 18.9 Å². The third-order valence-corrected chi connectivity index (χ3v) is 6.35. The molecule has 0 spiro atoms. The van der Waals surface area contributed by atoms with Crippen molar-refractivity contribution in [3.8, 4) is 5.75 Å². The van der Waals surface area contributed by atoms with Crippen LogP contribution in [-0.4, -0.2) is 36.7 Å². The Labute approximate surface area is 175 Å². The van der Waals surface area contributed by atoms with Gasteiger partial charge in [0.25, 0.3) is 5.56 Å². The molecule has 1 aromatic heterocycles. The number of ether oxygens (including phenoxy) is 1. The number of benzene rings is 1. The first kappa shape index (κ1) is 22.0. The number of hydrogen-bond donors (Lipinski definition) is 4. The van der Waals surface area contributed by atoms with Crippen LogP contribution in [0.3, 0.4) is 0 Å². The van der Waals surface area contributed by atoms with Crippen LogP contribution in [0.15, 0.2) is 27.9 Å². The van der Waals surface area contributed by atoms with Crippen molar-refractivity contribution in [2.45, 2.75) is 51.6 Å². The Morgan fingerprint density at radius 1 is 1.29 bits per heavy atom. The predicted octanol–water partition coefficient (Wildman–Crippen LogP) is 0.904. The van der Waals surface area contributed by atoms with Gasteiger partial charge in [0.2, 0.25) is 5.82 Å². The Morgan fingerprint density at radius 3 is 2.77 bits per heavy atom. The number of rotatable bonds is 4. The molecule has 0 bridgehead atoms. The SMILES string of the molecule is Cc1cc(C)c2c(c1)CO[P+](O)(OC(O)(O)C1CCC(n3cc(F)c(=O)[nH]c3=O)O1)O2. The largest absolute Gasteiger partial charge is 0.625 e. The Balaban J connectivity index is 1.50. The fraction of sp³-hybridized carbons (Fsp3) is 0.444. The van der Waals surface area contributed by atoms with Gasteiger partial charge in [0, 0.05) is 5.56 Å². The second-order valence-corrected chi connectivity index (χ2v) is 9.01. The molecule has 2 aromatic rings. The van der Waals surface area contributed by atoms with Crippen molar-refractivity contribution in [2.75, 3.05) is 0 Å². The third kappa shape index (κ3) is 4.28. The molecule has 0 saturated carbocycles. The lowest BCUT2D eigenvalue weighted by Crippen LogP contribution is -2.46. The molecule has 0 radical (unpaired) electrons. The molecule has 1 saturated heterocycles. The minimum Gasteiger partial charge on any atom is -0.346 e. The summed E-state index contributed by atoms with van der Waals surface area (Å²) in [5, 5.41) is 20.8. The maximum Gasteiger partial charge on any atom is 0.625 e. The summed E-state index contributed by atoms with van der Waals surface area (Å²) in [7, 11) is -4.18. The van der Waals surface area contributed by atoms with Crippen LogP contribution in [-0.2, 0) is 20.4 Å². The lowest BCUT2D eigenvalue weighted by atomic mass is 10.1. The second-order valence-electron chi connectivity index (χ2n) is 7.45. The molecule has 3 heterocycles. The van der Waals surface area contributed by atoms with Gasteiger partial charge in [-0.15, -0.1) is 4.52 Å². The Morgan fingerprint density at radius 2 is 2.03 bits per heavy atom. The van der Waals surface area contributed by atoms with E-state index in [4.69, 9.17) is 18.3 Å². The van der Waals surface area contributed by atoms with Gasteiger partial charge in [-0.05, 0) is 38.3 Å². The van der Waals surface area contributed by atoms with Crippen molar-refractivity contribution >= 4 is 8.17 Å². The van der Waals surface area contributed by atoms with Gasteiger partial charge in [-0.3, -0.25) is 18.9 Å². The zero-order valence-corrected chi connectivity index (χ0v) is 17.5. The Bertz CT molecular complexity index is 1130. The lowest BCUT2D eigenvalue weighted by Gasteiger charge is -2.30. The van der Waals surface area contributed by atoms with Crippen LogP contribution in [0.2, 0.25) is 0 Å². The lowest BCUT2D eigenvalue weighted by molar-refractivity contribution is -0.351. The van der Waals surface area contributed by atoms with Gasteiger partial charge in [-0.25, -0.2) is 4.79 Å². The van der Waals surface area contributed by atoms with Crippen LogP contribution in [0.5, 0.6) is 5.75 Å². The first-order chi connectivity index (χ1) is 14.5. The fourth-order valence-electron chi connectivity index (χ4n) is 3.62. The molecule has 1 fully saturated rings. The molecule has 2 aliphatic rings. The molecule has 11 nitrogen and oxygen atoms in total. The Kier molecular flexibility index (Phi) is 5.51. The van der Waals surface area contributed by atoms with E-state index in [9.17, 15) is 29.1 Å². The number of hydrogen-bond acceptors (Lipinski definition) is 9. The Hall–Kier alpha value is -2.18. The van der Waals surface area contributed by atoms with Crippen LogP contribution in [0.25, 0.3) is 0 Å². The fourth-order valence-corrected chi connectivity index (χ4v) is 5.02. The van der Waals surface area contributed by atoms with E-state index in [0.29, 0.717) is 23.1 Å². The van der Waals surface area contributed by atoms with Gasteiger partial charge in [0.15, 0.2) is 5.75 Å². The maximum absolute atomic E-state index is 13.5. The minimum atomic E-state index is -4.18. The quantitative estimate of drug-likeness (QED) is 0.386. The number of H-pyrrole nitrogens is 1. The summed E-state index contributed by atoms with van der Waals surface area (Å²) in [6.07, 6.45) is -1.82. The van der Waals surface area contributed by atoms with E-state index >= 15 is 0 Å². The second kappa shape index (κ2) is 7.75. The van der Waals surface area contributed by atoms with Crippen LogP contribution < -0.4 is 15.8 Å². The smallest absolute Gasteiger partial charge is 0.346 e. The molecular formula is C18H21FN2O9P+. The molecule has 0 amide bonds. The average Bonchev–Trinajstić information content (AvgIpc) is 3.16. The summed E-state index contributed by atoms with van der Waals surface area (Å²) >= 11 is 0. The standard InChI is InChI=1S/C18H20FN2O9P/c1-9-5-10(2)15-11(6-9)8-27-31(26,29-15)30-18(24,25)13-3-4-14(28-13)21-7-12(19)16(22)20-17(21)23/h5-7,13-14,24-26H,3-4,8H2,1-2H3/p+1. The molecule has 4 rings (SSSR count). The number of aromatic nitrogens is 2. The van der Waals surface area contributed by atoms with Gasteiger partial charge in [-0.2, -0.15) is 9.28 Å². The summed E-state index contributed by atoms with van der Waals surface area (Å²) in [6, 6.07) is 3.63. The van der Waals surface area contributed by atoms with Crippen LogP contribution in [0.4, 0.5) is 4.39 Å². The molecule has 3 atom stereocenters. The van der Waals surface area contributed by atoms with Crippen molar-refractivity contribution in [3.63, 3.8) is 0 Å². The molecule has 4 N–H and O–H groups in total. The summed E-state index contributed by atoms with van der Waals surface area (Å²) in [5.74, 6) is -3.92. The van der Waals surface area contributed by atoms with E-state index in [0.717, 1.165) is 10.1 Å². The predicted molar refractivity (Wildman–Crippen MR) is 103 cm³/mol. The molecule has 31 heavy (non-hydrogen) atoms. The summed E-state index contributed by atoms with van der Waals surface area (Å²) in [6.45, 7) is 3.58. The van der Waals surface area contributed by atoms with Gasteiger partial charge in [0.05, 0.1) is 6.20 Å². The highest BCUT2D eigenvalue weighted by atomic mass is 31.2. The monoisotopic (exact) mass is 459 g/mol. The van der Waals surface area contributed by atoms with Crippen LogP contribution in [0.1, 0.15) is 35.8 Å². The number of aliphatic hydroxyl groups is 2. The molecule has 13 heteroatoms. The summed E-state index contributed by atoms with van der Waals surface area (Å²) < 4.78 is 35.5. The molecule has 168 valence electrons. The first-order valence-electron chi connectivity index (χ1n) is 9.35. The first-order valence-corrected chi connectivity index (χ1v) is 10.8. The van der Waals surface area contributed by atoms with Crippen molar-refractivity contribution in [1.82, 2.24) is 9.55 Å². The highest BCUT2D eigenvalue weighted by Crippen LogP contribution is 2.64. The molecular weight excluding hydrogens is 438 g/mol. The zero-order valence-electron chi connectivity index (χ0n) is 16.6. The average molecular weight is 459 g/mol. The van der Waals surface area contributed by atoms with Gasteiger partial charge in [-0.1, -0.05) is 16.2 Å². The molecule has 2 aliphatic heterocycles. The topological polar surface area (TPSA) is 152 Å². The van der Waals surface area contributed by atoms with Crippen LogP contribution >= 0.6 is 8.17 Å². The van der Waals surface area contributed by atoms with Crippen molar-refractivity contribution < 1.29 is 37.8 Å². The summed E-state index contributed by atoms with van der Waals surface area (Å²) in [5.41, 5.74) is 0.239. The van der Waals surface area contributed by atoms with E-state index < -0.39 is 43.5 Å². The van der Waals surface area contributed by atoms with Gasteiger partial charge < -0.3 is 14.9 Å². The maximum atomic E-state index is 13.5. The van der Waals surface area contributed by atoms with Gasteiger partial charge >= 0.3 is 19.8 Å². The van der Waals surface area contributed by atoms with Crippen molar-refractivity contribution in [2.24, 2.45) is 0 Å². The number of halogens is 1. The number of fused-ring (bicyclic) bond motifs is 1. The van der Waals surface area contributed by atoms with E-state index in [1.54, 1.807) is 11.9 Å². The highest BCUT2D eigenvalue weighted by molar-refractivity contribution is 7.55. The van der Waals surface area contributed by atoms with E-state index in [1.165, 1.54) is 0 Å². The number of nitrogens with one attached hydrogen (secondary N) is 1. The number of aryl methyl sites for hydroxylation is 2. The van der Waals surface area contributed by atoms with Crippen molar-refractivity contribution in [3.05, 3.63) is 61.7 Å². The van der Waals surface area contributed by atoms with E-state index in [-0.39, 0.29) is 19.4 Å². The number of nitrogens with zero attached hydrogens (tertiary/aromatic N) is 1. The molecule has 1 aromatic carbocycles. The van der Waals surface area contributed by atoms with E-state index in [2.05, 4.69) is 0 Å². The molecule has 0 aliphatic carbocycles. The normalized spacial score (nSPS) is 25.9. The van der Waals surface area contributed by atoms with Crippen LogP contribution in [0, 0.1) is 19.7 Å². The molecule has 3 unspecified atom stereocenters. The highest BCUT2D eigenvalue weighted by Gasteiger charge is 2.60.